The summed E-state index contributed by atoms with van der Waals surface area (Å²) in [5.74, 6) is -1.46. The number of rotatable bonds is 7. The first-order valence-corrected chi connectivity index (χ1v) is 7.87. The lowest BCUT2D eigenvalue weighted by Crippen LogP contribution is -2.36. The Labute approximate surface area is 127 Å². The first-order chi connectivity index (χ1) is 9.97. The van der Waals surface area contributed by atoms with Crippen molar-refractivity contribution in [2.75, 3.05) is 12.0 Å². The topological polar surface area (TPSA) is 66.4 Å². The highest BCUT2D eigenvalue weighted by Crippen LogP contribution is 2.13. The number of carbonyl (C=O) groups excluding carboxylic acids is 1. The average molecular weight is 311 g/mol. The molecule has 0 aromatic heterocycles. The predicted molar refractivity (Wildman–Crippen MR) is 83.0 cm³/mol. The fourth-order valence-electron chi connectivity index (χ4n) is 1.71. The van der Waals surface area contributed by atoms with Crippen LogP contribution >= 0.6 is 11.8 Å². The number of amides is 1. The first kappa shape index (κ1) is 17.2. The molecule has 0 aliphatic rings. The van der Waals surface area contributed by atoms with Gasteiger partial charge in [0.2, 0.25) is 0 Å². The van der Waals surface area contributed by atoms with Crippen LogP contribution in [0.25, 0.3) is 6.08 Å². The maximum atomic E-state index is 13.8. The number of hydrogen-bond donors (Lipinski definition) is 2. The summed E-state index contributed by atoms with van der Waals surface area (Å²) < 4.78 is 13.8. The van der Waals surface area contributed by atoms with Gasteiger partial charge in [-0.3, -0.25) is 4.79 Å². The van der Waals surface area contributed by atoms with Crippen LogP contribution < -0.4 is 5.32 Å². The van der Waals surface area contributed by atoms with Gasteiger partial charge in [0.1, 0.15) is 5.82 Å². The van der Waals surface area contributed by atoms with E-state index >= 15 is 0 Å². The Kier molecular flexibility index (Phi) is 6.94. The zero-order chi connectivity index (χ0) is 15.8. The molecule has 0 aliphatic heterocycles. The highest BCUT2D eigenvalue weighted by molar-refractivity contribution is 7.98. The average Bonchev–Trinajstić information content (AvgIpc) is 2.45. The molecule has 21 heavy (non-hydrogen) atoms. The Bertz CT molecular complexity index is 546. The zero-order valence-electron chi connectivity index (χ0n) is 11.9. The van der Waals surface area contributed by atoms with Gasteiger partial charge in [-0.2, -0.15) is 11.8 Å². The van der Waals surface area contributed by atoms with E-state index in [0.717, 1.165) is 24.3 Å². The van der Waals surface area contributed by atoms with E-state index in [4.69, 9.17) is 5.11 Å². The maximum absolute atomic E-state index is 13.8. The lowest BCUT2D eigenvalue weighted by molar-refractivity contribution is -0.131. The maximum Gasteiger partial charge on any atom is 0.328 e. The second kappa shape index (κ2) is 8.46. The minimum Gasteiger partial charge on any atom is -0.478 e. The van der Waals surface area contributed by atoms with Gasteiger partial charge in [-0.05, 0) is 36.4 Å². The molecule has 1 amide bonds. The highest BCUT2D eigenvalue weighted by Gasteiger charge is 2.15. The van der Waals surface area contributed by atoms with Crippen molar-refractivity contribution in [2.45, 2.75) is 19.4 Å². The molecule has 0 saturated heterocycles. The van der Waals surface area contributed by atoms with Crippen molar-refractivity contribution in [3.05, 3.63) is 41.2 Å². The van der Waals surface area contributed by atoms with Crippen LogP contribution in [0.3, 0.4) is 0 Å². The minimum atomic E-state index is -1.10. The van der Waals surface area contributed by atoms with Crippen LogP contribution in [-0.2, 0) is 4.79 Å². The third kappa shape index (κ3) is 5.59. The van der Waals surface area contributed by atoms with Gasteiger partial charge in [-0.25, -0.2) is 9.18 Å². The number of carbonyl (C=O) groups is 2. The second-order valence-electron chi connectivity index (χ2n) is 4.44. The second-order valence-corrected chi connectivity index (χ2v) is 5.36. The largest absolute Gasteiger partial charge is 0.478 e. The molecule has 1 rings (SSSR count). The number of aliphatic carboxylic acids is 1. The number of thioether (sulfide) groups is 1. The number of halogens is 1. The summed E-state index contributed by atoms with van der Waals surface area (Å²) in [6.45, 7) is 1.95. The number of hydrogen-bond acceptors (Lipinski definition) is 3. The Hall–Kier alpha value is -1.82. The van der Waals surface area contributed by atoms with Crippen LogP contribution in [0.4, 0.5) is 4.39 Å². The van der Waals surface area contributed by atoms with Crippen LogP contribution in [0.5, 0.6) is 0 Å². The van der Waals surface area contributed by atoms with Gasteiger partial charge >= 0.3 is 5.97 Å². The van der Waals surface area contributed by atoms with E-state index in [0.29, 0.717) is 5.56 Å². The smallest absolute Gasteiger partial charge is 0.328 e. The Balaban J connectivity index is 2.92. The summed E-state index contributed by atoms with van der Waals surface area (Å²) in [5.41, 5.74) is 0.379. The van der Waals surface area contributed by atoms with Crippen molar-refractivity contribution in [2.24, 2.45) is 0 Å². The van der Waals surface area contributed by atoms with Crippen molar-refractivity contribution >= 4 is 29.7 Å². The molecule has 0 fully saturated rings. The van der Waals surface area contributed by atoms with Crippen LogP contribution in [0.15, 0.2) is 24.3 Å². The summed E-state index contributed by atoms with van der Waals surface area (Å²) in [6.07, 6.45) is 4.95. The molecule has 1 aromatic carbocycles. The molecule has 0 heterocycles. The molecule has 1 unspecified atom stereocenters. The normalized spacial score (nSPS) is 12.3. The van der Waals surface area contributed by atoms with E-state index in [1.54, 1.807) is 11.8 Å². The molecule has 1 atom stereocenters. The molecular formula is C15H18FNO3S. The first-order valence-electron chi connectivity index (χ1n) is 6.48. The number of carboxylic acid groups (broad SMARTS) is 1. The van der Waals surface area contributed by atoms with E-state index in [9.17, 15) is 14.0 Å². The van der Waals surface area contributed by atoms with Crippen LogP contribution in [0.2, 0.25) is 0 Å². The zero-order valence-corrected chi connectivity index (χ0v) is 12.7. The van der Waals surface area contributed by atoms with Gasteiger partial charge in [0.05, 0.1) is 5.56 Å². The molecule has 0 spiro atoms. The van der Waals surface area contributed by atoms with Gasteiger partial charge in [-0.1, -0.05) is 13.0 Å². The van der Waals surface area contributed by atoms with E-state index < -0.39 is 17.7 Å². The molecule has 6 heteroatoms. The Morgan fingerprint density at radius 3 is 2.76 bits per heavy atom. The fourth-order valence-corrected chi connectivity index (χ4v) is 2.44. The number of carboxylic acids is 1. The summed E-state index contributed by atoms with van der Waals surface area (Å²) >= 11 is 1.61. The third-order valence-corrected chi connectivity index (χ3v) is 3.58. The Morgan fingerprint density at radius 1 is 1.48 bits per heavy atom. The summed E-state index contributed by atoms with van der Waals surface area (Å²) in [5, 5.41) is 11.4. The van der Waals surface area contributed by atoms with Crippen molar-refractivity contribution in [1.29, 1.82) is 0 Å². The van der Waals surface area contributed by atoms with Crippen molar-refractivity contribution in [3.63, 3.8) is 0 Å². The molecule has 2 N–H and O–H groups in total. The van der Waals surface area contributed by atoms with Gasteiger partial charge in [0.15, 0.2) is 0 Å². The van der Waals surface area contributed by atoms with Crippen molar-refractivity contribution in [3.8, 4) is 0 Å². The molecule has 0 aliphatic carbocycles. The number of nitrogens with one attached hydrogen (secondary N) is 1. The summed E-state index contributed by atoms with van der Waals surface area (Å²) in [4.78, 5) is 22.6. The molecule has 0 radical (unpaired) electrons. The van der Waals surface area contributed by atoms with E-state index in [-0.39, 0.29) is 11.6 Å². The molecular weight excluding hydrogens is 293 g/mol. The van der Waals surface area contributed by atoms with E-state index in [1.165, 1.54) is 18.2 Å². The third-order valence-electron chi connectivity index (χ3n) is 2.85. The lowest BCUT2D eigenvalue weighted by atomic mass is 10.1. The molecule has 4 nitrogen and oxygen atoms in total. The number of benzene rings is 1. The van der Waals surface area contributed by atoms with Gasteiger partial charge < -0.3 is 10.4 Å². The van der Waals surface area contributed by atoms with Crippen LogP contribution in [0, 0.1) is 5.82 Å². The van der Waals surface area contributed by atoms with Gasteiger partial charge in [0, 0.05) is 17.9 Å². The molecule has 114 valence electrons. The molecule has 1 aromatic rings. The fraction of sp³-hybridized carbons (Fsp3) is 0.333. The van der Waals surface area contributed by atoms with Crippen molar-refractivity contribution in [1.82, 2.24) is 5.32 Å². The van der Waals surface area contributed by atoms with Crippen LogP contribution in [0.1, 0.15) is 29.3 Å². The van der Waals surface area contributed by atoms with Crippen LogP contribution in [-0.4, -0.2) is 35.0 Å². The lowest BCUT2D eigenvalue weighted by Gasteiger charge is -2.16. The standard InChI is InChI=1S/C15H18FNO3S/c1-3-11(9-21-2)17-15(20)12-8-10(4-6-13(12)16)5-7-14(18)19/h4-8,11H,3,9H2,1-2H3,(H,17,20)(H,18,19)/b7-5+. The predicted octanol–water partition coefficient (Wildman–Crippen LogP) is 2.79. The monoisotopic (exact) mass is 311 g/mol. The minimum absolute atomic E-state index is 0.0230. The quantitative estimate of drug-likeness (QED) is 0.760. The van der Waals surface area contributed by atoms with Gasteiger partial charge in [-0.15, -0.1) is 0 Å². The van der Waals surface area contributed by atoms with Gasteiger partial charge in [0.25, 0.3) is 5.91 Å². The Morgan fingerprint density at radius 2 is 2.19 bits per heavy atom. The molecule has 0 saturated carbocycles. The molecule has 0 bridgehead atoms. The summed E-state index contributed by atoms with van der Waals surface area (Å²) in [7, 11) is 0. The highest BCUT2D eigenvalue weighted by atomic mass is 32.2. The van der Waals surface area contributed by atoms with E-state index in [2.05, 4.69) is 5.32 Å². The SMILES string of the molecule is CCC(CSC)NC(=O)c1cc(/C=C/C(=O)O)ccc1F. The van der Waals surface area contributed by atoms with E-state index in [1.807, 2.05) is 13.2 Å². The van der Waals surface area contributed by atoms with Crippen molar-refractivity contribution < 1.29 is 19.1 Å². The summed E-state index contributed by atoms with van der Waals surface area (Å²) in [6, 6.07) is 3.90.